The summed E-state index contributed by atoms with van der Waals surface area (Å²) in [5.74, 6) is -0.0475. The average molecular weight is 322 g/mol. The molecule has 0 aromatic carbocycles. The maximum absolute atomic E-state index is 12.7. The van der Waals surface area contributed by atoms with Crippen LogP contribution in [0.4, 0.5) is 0 Å². The Hall–Kier alpha value is -1.24. The zero-order valence-electron chi connectivity index (χ0n) is 11.7. The Balaban J connectivity index is 1.79. The first kappa shape index (κ1) is 14.7. The molecule has 1 amide bonds. The van der Waals surface area contributed by atoms with Crippen molar-refractivity contribution in [1.82, 2.24) is 9.88 Å². The molecule has 0 unspecified atom stereocenters. The minimum atomic E-state index is -0.0475. The van der Waals surface area contributed by atoms with Crippen molar-refractivity contribution in [2.24, 2.45) is 0 Å². The summed E-state index contributed by atoms with van der Waals surface area (Å²) in [5.41, 5.74) is 1.57. The lowest BCUT2D eigenvalue weighted by molar-refractivity contribution is 0.0633. The third-order valence-corrected chi connectivity index (χ3v) is 5.43. The van der Waals surface area contributed by atoms with Gasteiger partial charge in [0.1, 0.15) is 10.7 Å². The molecule has 0 aliphatic heterocycles. The first-order valence-electron chi connectivity index (χ1n) is 7.19. The summed E-state index contributed by atoms with van der Waals surface area (Å²) in [7, 11) is 0. The van der Waals surface area contributed by atoms with Crippen molar-refractivity contribution in [3.8, 4) is 10.6 Å². The highest BCUT2D eigenvalue weighted by Crippen LogP contribution is 2.28. The topological polar surface area (TPSA) is 53.4 Å². The van der Waals surface area contributed by atoms with Crippen molar-refractivity contribution in [1.29, 1.82) is 0 Å². The van der Waals surface area contributed by atoms with Crippen LogP contribution in [0.2, 0.25) is 0 Å². The summed E-state index contributed by atoms with van der Waals surface area (Å²) in [4.78, 5) is 19.0. The molecule has 21 heavy (non-hydrogen) atoms. The van der Waals surface area contributed by atoms with E-state index < -0.39 is 0 Å². The number of thiophene rings is 1. The zero-order valence-corrected chi connectivity index (χ0v) is 13.3. The number of hydrogen-bond acceptors (Lipinski definition) is 5. The number of aliphatic hydroxyl groups is 1. The van der Waals surface area contributed by atoms with Crippen LogP contribution in [0.25, 0.3) is 10.6 Å². The SMILES string of the molecule is O=C(c1csc(-c2ccsc2)n1)N(CCO)C1CCCC1. The molecule has 0 bridgehead atoms. The molecule has 1 saturated carbocycles. The maximum Gasteiger partial charge on any atom is 0.273 e. The van der Waals surface area contributed by atoms with E-state index >= 15 is 0 Å². The normalized spacial score (nSPS) is 15.5. The predicted molar refractivity (Wildman–Crippen MR) is 85.8 cm³/mol. The summed E-state index contributed by atoms with van der Waals surface area (Å²) < 4.78 is 0. The van der Waals surface area contributed by atoms with E-state index in [-0.39, 0.29) is 18.6 Å². The molecule has 1 fully saturated rings. The Morgan fingerprint density at radius 1 is 1.38 bits per heavy atom. The number of aliphatic hydroxyl groups excluding tert-OH is 1. The summed E-state index contributed by atoms with van der Waals surface area (Å²) >= 11 is 3.12. The van der Waals surface area contributed by atoms with Gasteiger partial charge in [-0.05, 0) is 24.3 Å². The molecule has 0 atom stereocenters. The Bertz CT molecular complexity index is 589. The van der Waals surface area contributed by atoms with Crippen molar-refractivity contribution in [3.05, 3.63) is 27.9 Å². The fourth-order valence-corrected chi connectivity index (χ4v) is 4.32. The summed E-state index contributed by atoms with van der Waals surface area (Å²) in [6.45, 7) is 0.401. The van der Waals surface area contributed by atoms with E-state index in [1.54, 1.807) is 16.2 Å². The van der Waals surface area contributed by atoms with Crippen molar-refractivity contribution >= 4 is 28.6 Å². The second-order valence-electron chi connectivity index (χ2n) is 5.21. The monoisotopic (exact) mass is 322 g/mol. The summed E-state index contributed by atoms with van der Waals surface area (Å²) in [5, 5.41) is 16.0. The van der Waals surface area contributed by atoms with Crippen LogP contribution in [-0.2, 0) is 0 Å². The van der Waals surface area contributed by atoms with Crippen LogP contribution in [0.5, 0.6) is 0 Å². The molecule has 2 aromatic rings. The highest BCUT2D eigenvalue weighted by Gasteiger charge is 2.28. The van der Waals surface area contributed by atoms with Gasteiger partial charge in [-0.3, -0.25) is 4.79 Å². The number of carbonyl (C=O) groups excluding carboxylic acids is 1. The Morgan fingerprint density at radius 3 is 2.86 bits per heavy atom. The smallest absolute Gasteiger partial charge is 0.273 e. The van der Waals surface area contributed by atoms with Crippen LogP contribution in [0.3, 0.4) is 0 Å². The Labute approximate surface area is 132 Å². The number of hydrogen-bond donors (Lipinski definition) is 1. The Morgan fingerprint density at radius 2 is 2.19 bits per heavy atom. The quantitative estimate of drug-likeness (QED) is 0.919. The van der Waals surface area contributed by atoms with Gasteiger partial charge in [0, 0.05) is 28.9 Å². The van der Waals surface area contributed by atoms with Crippen molar-refractivity contribution < 1.29 is 9.90 Å². The van der Waals surface area contributed by atoms with E-state index in [9.17, 15) is 9.90 Å². The minimum absolute atomic E-state index is 0.00373. The standard InChI is InChI=1S/C15H18N2O2S2/c18-7-6-17(12-3-1-2-4-12)15(19)13-10-21-14(16-13)11-5-8-20-9-11/h5,8-10,12,18H,1-4,6-7H2. The molecule has 0 spiro atoms. The lowest BCUT2D eigenvalue weighted by Crippen LogP contribution is -2.40. The minimum Gasteiger partial charge on any atom is -0.395 e. The fourth-order valence-electron chi connectivity index (χ4n) is 2.81. The van der Waals surface area contributed by atoms with Gasteiger partial charge in [-0.25, -0.2) is 4.98 Å². The van der Waals surface area contributed by atoms with Gasteiger partial charge in [-0.1, -0.05) is 12.8 Å². The molecule has 1 aliphatic carbocycles. The summed E-state index contributed by atoms with van der Waals surface area (Å²) in [6, 6.07) is 2.27. The molecule has 4 nitrogen and oxygen atoms in total. The third kappa shape index (κ3) is 3.17. The number of thiazole rings is 1. The molecule has 112 valence electrons. The first-order valence-corrected chi connectivity index (χ1v) is 9.02. The van der Waals surface area contributed by atoms with Gasteiger partial charge in [-0.15, -0.1) is 11.3 Å². The van der Waals surface area contributed by atoms with Crippen molar-refractivity contribution in [3.63, 3.8) is 0 Å². The summed E-state index contributed by atoms with van der Waals surface area (Å²) in [6.07, 6.45) is 4.40. The van der Waals surface area contributed by atoms with Crippen LogP contribution in [0, 0.1) is 0 Å². The van der Waals surface area contributed by atoms with Gasteiger partial charge in [0.2, 0.25) is 0 Å². The first-order chi connectivity index (χ1) is 10.3. The highest BCUT2D eigenvalue weighted by molar-refractivity contribution is 7.14. The number of carbonyl (C=O) groups is 1. The number of amides is 1. The molecule has 0 radical (unpaired) electrons. The molecule has 1 N–H and O–H groups in total. The van der Waals surface area contributed by atoms with Crippen LogP contribution < -0.4 is 0 Å². The van der Waals surface area contributed by atoms with E-state index in [0.29, 0.717) is 12.2 Å². The molecule has 1 aliphatic rings. The molecular formula is C15H18N2O2S2. The van der Waals surface area contributed by atoms with Gasteiger partial charge in [0.25, 0.3) is 5.91 Å². The number of rotatable bonds is 5. The van der Waals surface area contributed by atoms with Gasteiger partial charge >= 0.3 is 0 Å². The van der Waals surface area contributed by atoms with E-state index in [1.165, 1.54) is 11.3 Å². The molecule has 2 aromatic heterocycles. The fraction of sp³-hybridized carbons (Fsp3) is 0.467. The van der Waals surface area contributed by atoms with Gasteiger partial charge in [-0.2, -0.15) is 11.3 Å². The second kappa shape index (κ2) is 6.68. The predicted octanol–water partition coefficient (Wildman–Crippen LogP) is 3.25. The van der Waals surface area contributed by atoms with E-state index in [0.717, 1.165) is 36.3 Å². The van der Waals surface area contributed by atoms with E-state index in [2.05, 4.69) is 4.98 Å². The highest BCUT2D eigenvalue weighted by atomic mass is 32.1. The van der Waals surface area contributed by atoms with Gasteiger partial charge in [0.15, 0.2) is 0 Å². The largest absolute Gasteiger partial charge is 0.395 e. The lowest BCUT2D eigenvalue weighted by Gasteiger charge is -2.27. The Kier molecular flexibility index (Phi) is 4.67. The van der Waals surface area contributed by atoms with Crippen LogP contribution in [-0.4, -0.2) is 40.1 Å². The maximum atomic E-state index is 12.7. The molecule has 3 rings (SSSR count). The van der Waals surface area contributed by atoms with Crippen LogP contribution in [0.1, 0.15) is 36.2 Å². The molecule has 2 heterocycles. The molecular weight excluding hydrogens is 304 g/mol. The lowest BCUT2D eigenvalue weighted by atomic mass is 10.2. The molecule has 0 saturated heterocycles. The second-order valence-corrected chi connectivity index (χ2v) is 6.85. The van der Waals surface area contributed by atoms with Crippen molar-refractivity contribution in [2.45, 2.75) is 31.7 Å². The van der Waals surface area contributed by atoms with Gasteiger partial charge < -0.3 is 10.0 Å². The van der Waals surface area contributed by atoms with Gasteiger partial charge in [0.05, 0.1) is 6.61 Å². The molecule has 6 heteroatoms. The third-order valence-electron chi connectivity index (χ3n) is 3.86. The number of nitrogens with zero attached hydrogens (tertiary/aromatic N) is 2. The van der Waals surface area contributed by atoms with E-state index in [4.69, 9.17) is 0 Å². The van der Waals surface area contributed by atoms with Crippen LogP contribution >= 0.6 is 22.7 Å². The van der Waals surface area contributed by atoms with E-state index in [1.807, 2.05) is 22.2 Å². The average Bonchev–Trinajstić information content (AvgIpc) is 3.25. The van der Waals surface area contributed by atoms with Crippen LogP contribution in [0.15, 0.2) is 22.2 Å². The van der Waals surface area contributed by atoms with Crippen molar-refractivity contribution in [2.75, 3.05) is 13.2 Å². The number of aromatic nitrogens is 1. The zero-order chi connectivity index (χ0) is 14.7.